The lowest BCUT2D eigenvalue weighted by atomic mass is 10.0. The Kier molecular flexibility index (Phi) is 5.05. The highest BCUT2D eigenvalue weighted by Crippen LogP contribution is 2.39. The van der Waals surface area contributed by atoms with Crippen molar-refractivity contribution in [3.8, 4) is 0 Å². The number of benzene rings is 1. The highest BCUT2D eigenvalue weighted by atomic mass is 16.8. The van der Waals surface area contributed by atoms with Crippen LogP contribution in [-0.4, -0.2) is 48.1 Å². The van der Waals surface area contributed by atoms with E-state index in [1.54, 1.807) is 13.8 Å². The molecule has 2 aliphatic heterocycles. The third-order valence-electron chi connectivity index (χ3n) is 4.02. The second-order valence-electron chi connectivity index (χ2n) is 6.33. The molecule has 0 aromatic heterocycles. The average Bonchev–Trinajstić information content (AvgIpc) is 3.02. The molecule has 2 aliphatic rings. The minimum absolute atomic E-state index is 0.0554. The van der Waals surface area contributed by atoms with Gasteiger partial charge in [0.05, 0.1) is 19.3 Å². The van der Waals surface area contributed by atoms with Gasteiger partial charge in [-0.2, -0.15) is 0 Å². The number of rotatable bonds is 6. The van der Waals surface area contributed by atoms with E-state index in [4.69, 9.17) is 24.5 Å². The number of fused-ring (bicyclic) bond motifs is 1. The molecule has 0 spiro atoms. The van der Waals surface area contributed by atoms with E-state index in [1.807, 2.05) is 30.3 Å². The number of azide groups is 1. The predicted molar refractivity (Wildman–Crippen MR) is 83.7 cm³/mol. The molecule has 130 valence electrons. The Morgan fingerprint density at radius 3 is 2.79 bits per heavy atom. The van der Waals surface area contributed by atoms with Crippen molar-refractivity contribution in [3.05, 3.63) is 46.3 Å². The van der Waals surface area contributed by atoms with Crippen molar-refractivity contribution >= 4 is 0 Å². The van der Waals surface area contributed by atoms with Gasteiger partial charge in [0.1, 0.15) is 18.3 Å². The zero-order chi connectivity index (χ0) is 17.2. The van der Waals surface area contributed by atoms with Gasteiger partial charge in [0.15, 0.2) is 12.1 Å². The van der Waals surface area contributed by atoms with Crippen molar-refractivity contribution in [2.75, 3.05) is 6.61 Å². The van der Waals surface area contributed by atoms with Crippen LogP contribution in [0.1, 0.15) is 19.4 Å². The summed E-state index contributed by atoms with van der Waals surface area (Å²) in [4.78, 5) is 2.84. The summed E-state index contributed by atoms with van der Waals surface area (Å²) in [6, 6.07) is 8.98. The van der Waals surface area contributed by atoms with Crippen LogP contribution in [0.4, 0.5) is 0 Å². The van der Waals surface area contributed by atoms with Gasteiger partial charge in [-0.25, -0.2) is 0 Å². The lowest BCUT2D eigenvalue weighted by molar-refractivity contribution is -0.218. The first-order valence-corrected chi connectivity index (χ1v) is 7.85. The number of ether oxygens (including phenoxy) is 4. The van der Waals surface area contributed by atoms with E-state index in [9.17, 15) is 5.11 Å². The molecular formula is C16H21N3O5. The van der Waals surface area contributed by atoms with Gasteiger partial charge in [-0.15, -0.1) is 0 Å². The fraction of sp³-hybridized carbons (Fsp3) is 0.625. The summed E-state index contributed by atoms with van der Waals surface area (Å²) in [6.07, 6.45) is -2.89. The molecular weight excluding hydrogens is 314 g/mol. The first-order valence-electron chi connectivity index (χ1n) is 7.85. The Hall–Kier alpha value is -1.67. The van der Waals surface area contributed by atoms with Crippen molar-refractivity contribution in [1.82, 2.24) is 0 Å². The maximum Gasteiger partial charge on any atom is 0.188 e. The van der Waals surface area contributed by atoms with Crippen LogP contribution in [0.2, 0.25) is 0 Å². The van der Waals surface area contributed by atoms with Crippen LogP contribution < -0.4 is 0 Å². The van der Waals surface area contributed by atoms with Crippen molar-refractivity contribution in [1.29, 1.82) is 0 Å². The van der Waals surface area contributed by atoms with E-state index < -0.39 is 36.4 Å². The van der Waals surface area contributed by atoms with Crippen LogP contribution in [0.15, 0.2) is 35.4 Å². The lowest BCUT2D eigenvalue weighted by Gasteiger charge is -2.26. The van der Waals surface area contributed by atoms with Crippen LogP contribution in [0, 0.1) is 0 Å². The van der Waals surface area contributed by atoms with Crippen LogP contribution in [0.3, 0.4) is 0 Å². The lowest BCUT2D eigenvalue weighted by Crippen LogP contribution is -2.41. The Balaban J connectivity index is 1.58. The molecule has 5 atom stereocenters. The summed E-state index contributed by atoms with van der Waals surface area (Å²) >= 11 is 0. The number of aliphatic hydroxyl groups excluding tert-OH is 1. The summed E-state index contributed by atoms with van der Waals surface area (Å²) in [6.45, 7) is 3.95. The van der Waals surface area contributed by atoms with E-state index >= 15 is 0 Å². The SMILES string of the molecule is CC1(C)O[C@H]2O[C@H]([C@H](O)COCc3ccccc3)[C@@H](N=[N+]=[N-])[C@H]2O1. The first kappa shape index (κ1) is 17.2. The van der Waals surface area contributed by atoms with Crippen LogP contribution >= 0.6 is 0 Å². The standard InChI is InChI=1S/C16H21N3O5/c1-16(2)23-14-12(18-19-17)13(22-15(14)24-16)11(20)9-21-8-10-6-4-3-5-7-10/h3-7,11-15,20H,8-9H2,1-2H3/t11-,12-,13-,14-,15-/m1/s1. The maximum atomic E-state index is 10.4. The molecule has 0 saturated carbocycles. The molecule has 24 heavy (non-hydrogen) atoms. The second kappa shape index (κ2) is 7.06. The predicted octanol–water partition coefficient (Wildman–Crippen LogP) is 2.12. The number of hydrogen-bond donors (Lipinski definition) is 1. The Morgan fingerprint density at radius 1 is 1.33 bits per heavy atom. The van der Waals surface area contributed by atoms with Gasteiger partial charge in [0, 0.05) is 4.91 Å². The summed E-state index contributed by atoms with van der Waals surface area (Å²) < 4.78 is 22.6. The molecule has 8 nitrogen and oxygen atoms in total. The molecule has 1 aromatic rings. The van der Waals surface area contributed by atoms with E-state index in [0.717, 1.165) is 5.56 Å². The van der Waals surface area contributed by atoms with E-state index in [2.05, 4.69) is 10.0 Å². The Bertz CT molecular complexity index is 605. The Labute approximate surface area is 139 Å². The third-order valence-corrected chi connectivity index (χ3v) is 4.02. The van der Waals surface area contributed by atoms with Crippen molar-refractivity contribution in [2.45, 2.75) is 56.9 Å². The van der Waals surface area contributed by atoms with Crippen LogP contribution in [-0.2, 0) is 25.6 Å². The van der Waals surface area contributed by atoms with Crippen molar-refractivity contribution in [2.24, 2.45) is 5.11 Å². The number of aliphatic hydroxyl groups is 1. The minimum Gasteiger partial charge on any atom is -0.388 e. The molecule has 0 bridgehead atoms. The monoisotopic (exact) mass is 335 g/mol. The normalized spacial score (nSPS) is 32.1. The van der Waals surface area contributed by atoms with Crippen LogP contribution in [0.25, 0.3) is 10.4 Å². The van der Waals surface area contributed by atoms with Crippen molar-refractivity contribution < 1.29 is 24.1 Å². The fourth-order valence-electron chi connectivity index (χ4n) is 2.99. The summed E-state index contributed by atoms with van der Waals surface area (Å²) in [5.74, 6) is -0.807. The molecule has 0 amide bonds. The van der Waals surface area contributed by atoms with Gasteiger partial charge in [0.25, 0.3) is 0 Å². The summed E-state index contributed by atoms with van der Waals surface area (Å²) in [5.41, 5.74) is 9.80. The Morgan fingerprint density at radius 2 is 2.08 bits per heavy atom. The summed E-state index contributed by atoms with van der Waals surface area (Å²) in [7, 11) is 0. The number of hydrogen-bond acceptors (Lipinski definition) is 6. The van der Waals surface area contributed by atoms with Gasteiger partial charge in [-0.05, 0) is 24.9 Å². The molecule has 1 N–H and O–H groups in total. The van der Waals surface area contributed by atoms with Gasteiger partial charge < -0.3 is 24.1 Å². The largest absolute Gasteiger partial charge is 0.388 e. The first-order chi connectivity index (χ1) is 11.5. The number of nitrogens with zero attached hydrogens (tertiary/aromatic N) is 3. The minimum atomic E-state index is -0.954. The molecule has 1 aromatic carbocycles. The highest BCUT2D eigenvalue weighted by molar-refractivity contribution is 5.13. The smallest absolute Gasteiger partial charge is 0.188 e. The van der Waals surface area contributed by atoms with Crippen LogP contribution in [0.5, 0.6) is 0 Å². The van der Waals surface area contributed by atoms with E-state index in [1.165, 1.54) is 0 Å². The fourth-order valence-corrected chi connectivity index (χ4v) is 2.99. The molecule has 0 aliphatic carbocycles. The quantitative estimate of drug-likeness (QED) is 0.487. The zero-order valence-corrected chi connectivity index (χ0v) is 13.6. The molecule has 3 rings (SSSR count). The van der Waals surface area contributed by atoms with Gasteiger partial charge in [-0.1, -0.05) is 35.4 Å². The third kappa shape index (κ3) is 3.70. The van der Waals surface area contributed by atoms with E-state index in [-0.39, 0.29) is 6.61 Å². The van der Waals surface area contributed by atoms with Crippen molar-refractivity contribution in [3.63, 3.8) is 0 Å². The maximum absolute atomic E-state index is 10.4. The molecule has 2 fully saturated rings. The average molecular weight is 335 g/mol. The topological polar surface area (TPSA) is 106 Å². The molecule has 0 radical (unpaired) electrons. The molecule has 2 heterocycles. The van der Waals surface area contributed by atoms with Gasteiger partial charge in [-0.3, -0.25) is 0 Å². The van der Waals surface area contributed by atoms with Gasteiger partial charge >= 0.3 is 0 Å². The zero-order valence-electron chi connectivity index (χ0n) is 13.6. The van der Waals surface area contributed by atoms with E-state index in [0.29, 0.717) is 6.61 Å². The molecule has 8 heteroatoms. The highest BCUT2D eigenvalue weighted by Gasteiger charge is 2.56. The summed E-state index contributed by atoms with van der Waals surface area (Å²) in [5, 5.41) is 14.1. The molecule has 2 saturated heterocycles. The van der Waals surface area contributed by atoms with Gasteiger partial charge in [0.2, 0.25) is 0 Å². The molecule has 0 unspecified atom stereocenters. The second-order valence-corrected chi connectivity index (χ2v) is 6.33.